The van der Waals surface area contributed by atoms with Crippen LogP contribution in [0.25, 0.3) is 0 Å². The number of methoxy groups -OCH3 is 1. The number of nitrogens with one attached hydrogen (secondary N) is 1. The van der Waals surface area contributed by atoms with Crippen LogP contribution in [0.5, 0.6) is 0 Å². The Kier molecular flexibility index (Phi) is 12.7. The molecule has 4 heterocycles. The second-order valence-corrected chi connectivity index (χ2v) is 16.1. The summed E-state index contributed by atoms with van der Waals surface area (Å²) in [5.41, 5.74) is -3.19. The van der Waals surface area contributed by atoms with Gasteiger partial charge in [0, 0.05) is 37.8 Å². The van der Waals surface area contributed by atoms with E-state index in [1.54, 1.807) is 21.1 Å². The van der Waals surface area contributed by atoms with Crippen LogP contribution in [0, 0.1) is 23.7 Å². The lowest BCUT2D eigenvalue weighted by Crippen LogP contribution is -2.59. The van der Waals surface area contributed by atoms with Crippen LogP contribution in [0.1, 0.15) is 101 Å². The number of fused-ring (bicyclic) bond motifs is 2. The average molecular weight is 688 g/mol. The van der Waals surface area contributed by atoms with Crippen LogP contribution >= 0.6 is 0 Å². The van der Waals surface area contributed by atoms with Crippen LogP contribution in [0.3, 0.4) is 0 Å². The fourth-order valence-corrected chi connectivity index (χ4v) is 9.05. The van der Waals surface area contributed by atoms with E-state index >= 15 is 0 Å². The van der Waals surface area contributed by atoms with Crippen LogP contribution in [-0.2, 0) is 38.0 Å². The maximum absolute atomic E-state index is 14.1. The third-order valence-corrected chi connectivity index (χ3v) is 11.9. The fourth-order valence-electron chi connectivity index (χ4n) is 9.05. The Hall–Kier alpha value is -0.930. The molecular formula is C36H65NO11. The number of carbonyl (C=O) groups excluding carboxylic acids is 1. The summed E-state index contributed by atoms with van der Waals surface area (Å²) in [7, 11) is 3.48. The van der Waals surface area contributed by atoms with Crippen molar-refractivity contribution < 1.29 is 53.3 Å². The van der Waals surface area contributed by atoms with Crippen molar-refractivity contribution in [1.82, 2.24) is 5.32 Å². The van der Waals surface area contributed by atoms with Gasteiger partial charge in [0.1, 0.15) is 17.8 Å². The van der Waals surface area contributed by atoms with E-state index in [1.807, 2.05) is 48.5 Å². The predicted molar refractivity (Wildman–Crippen MR) is 178 cm³/mol. The molecule has 2 bridgehead atoms. The van der Waals surface area contributed by atoms with E-state index in [-0.39, 0.29) is 30.6 Å². The average Bonchev–Trinajstić information content (AvgIpc) is 3.34. The largest absolute Gasteiger partial charge is 0.459 e. The number of likely N-dealkylation sites (N-methyl/N-ethyl adjacent to an activating group) is 1. The van der Waals surface area contributed by atoms with Gasteiger partial charge in [0.25, 0.3) is 0 Å². The van der Waals surface area contributed by atoms with Crippen LogP contribution in [0.15, 0.2) is 0 Å². The zero-order valence-electron chi connectivity index (χ0n) is 31.3. The van der Waals surface area contributed by atoms with E-state index in [0.717, 1.165) is 0 Å². The molecule has 2 unspecified atom stereocenters. The molecule has 0 aromatic carbocycles. The van der Waals surface area contributed by atoms with Crippen molar-refractivity contribution >= 4 is 5.97 Å². The molecule has 4 aliphatic heterocycles. The summed E-state index contributed by atoms with van der Waals surface area (Å²) in [5, 5.41) is 38.0. The first kappa shape index (κ1) is 39.8. The molecular weight excluding hydrogens is 622 g/mol. The molecule has 4 saturated heterocycles. The number of ether oxygens (including phenoxy) is 7. The quantitative estimate of drug-likeness (QED) is 0.291. The Morgan fingerprint density at radius 3 is 2.21 bits per heavy atom. The van der Waals surface area contributed by atoms with Crippen molar-refractivity contribution in [1.29, 1.82) is 0 Å². The predicted octanol–water partition coefficient (Wildman–Crippen LogP) is 3.31. The maximum atomic E-state index is 14.1. The van der Waals surface area contributed by atoms with Gasteiger partial charge in [-0.15, -0.1) is 0 Å². The Balaban J connectivity index is 1.82. The molecule has 18 atom stereocenters. The van der Waals surface area contributed by atoms with Crippen molar-refractivity contribution in [2.75, 3.05) is 14.2 Å². The second kappa shape index (κ2) is 15.4. The molecule has 0 spiro atoms. The number of hydrogen-bond acceptors (Lipinski definition) is 12. The first-order valence-corrected chi connectivity index (χ1v) is 18.1. The Labute approximate surface area is 287 Å². The summed E-state index contributed by atoms with van der Waals surface area (Å²) in [6.45, 7) is 18.9. The van der Waals surface area contributed by atoms with Gasteiger partial charge in [-0.25, -0.2) is 0 Å². The van der Waals surface area contributed by atoms with Crippen LogP contribution in [-0.4, -0.2) is 120 Å². The summed E-state index contributed by atoms with van der Waals surface area (Å²) in [6.07, 6.45) is -4.62. The van der Waals surface area contributed by atoms with Crippen molar-refractivity contribution in [3.05, 3.63) is 0 Å². The van der Waals surface area contributed by atoms with Crippen LogP contribution in [0.4, 0.5) is 0 Å². The lowest BCUT2D eigenvalue weighted by atomic mass is 9.76. The first-order chi connectivity index (χ1) is 22.3. The summed E-state index contributed by atoms with van der Waals surface area (Å²) >= 11 is 0. The smallest absolute Gasteiger partial charge is 0.311 e. The highest BCUT2D eigenvalue weighted by Crippen LogP contribution is 2.47. The maximum Gasteiger partial charge on any atom is 0.311 e. The summed E-state index contributed by atoms with van der Waals surface area (Å²) in [6, 6.07) is -0.249. The molecule has 0 radical (unpaired) electrons. The monoisotopic (exact) mass is 687 g/mol. The number of cyclic esters (lactones) is 1. The molecule has 0 aliphatic carbocycles. The van der Waals surface area contributed by atoms with Gasteiger partial charge in [-0.2, -0.15) is 0 Å². The second-order valence-electron chi connectivity index (χ2n) is 16.1. The number of aliphatic hydroxyl groups is 3. The van der Waals surface area contributed by atoms with Crippen LogP contribution < -0.4 is 5.32 Å². The Morgan fingerprint density at radius 1 is 0.938 bits per heavy atom. The highest BCUT2D eigenvalue weighted by atomic mass is 16.7. The van der Waals surface area contributed by atoms with E-state index in [9.17, 15) is 20.1 Å². The lowest BCUT2D eigenvalue weighted by molar-refractivity contribution is -0.308. The lowest BCUT2D eigenvalue weighted by Gasteiger charge is -2.47. The van der Waals surface area contributed by atoms with E-state index < -0.39 is 89.7 Å². The molecule has 4 N–H and O–H groups in total. The Morgan fingerprint density at radius 2 is 1.60 bits per heavy atom. The molecule has 12 heteroatoms. The molecule has 280 valence electrons. The van der Waals surface area contributed by atoms with E-state index in [1.165, 1.54) is 6.92 Å². The van der Waals surface area contributed by atoms with Gasteiger partial charge < -0.3 is 53.8 Å². The molecule has 0 amide bonds. The van der Waals surface area contributed by atoms with Crippen molar-refractivity contribution in [2.45, 2.75) is 186 Å². The van der Waals surface area contributed by atoms with Gasteiger partial charge >= 0.3 is 5.97 Å². The van der Waals surface area contributed by atoms with Crippen molar-refractivity contribution in [3.8, 4) is 0 Å². The Bertz CT molecular complexity index is 1080. The van der Waals surface area contributed by atoms with Crippen LogP contribution in [0.2, 0.25) is 0 Å². The molecule has 0 saturated carbocycles. The minimum absolute atomic E-state index is 0.0257. The molecule has 48 heavy (non-hydrogen) atoms. The number of aliphatic hydroxyl groups excluding tert-OH is 2. The minimum Gasteiger partial charge on any atom is -0.459 e. The van der Waals surface area contributed by atoms with Gasteiger partial charge in [-0.3, -0.25) is 4.79 Å². The fraction of sp³-hybridized carbons (Fsp3) is 0.972. The summed E-state index contributed by atoms with van der Waals surface area (Å²) in [5.74, 6) is -2.47. The molecule has 0 aromatic rings. The zero-order chi connectivity index (χ0) is 35.9. The summed E-state index contributed by atoms with van der Waals surface area (Å²) < 4.78 is 45.0. The number of esters is 1. The van der Waals surface area contributed by atoms with Gasteiger partial charge in [-0.05, 0) is 73.8 Å². The minimum atomic E-state index is -1.75. The van der Waals surface area contributed by atoms with Gasteiger partial charge in [0.05, 0.1) is 53.7 Å². The van der Waals surface area contributed by atoms with E-state index in [0.29, 0.717) is 25.7 Å². The zero-order valence-corrected chi connectivity index (χ0v) is 31.3. The topological polar surface area (TPSA) is 154 Å². The van der Waals surface area contributed by atoms with Gasteiger partial charge in [0.15, 0.2) is 12.6 Å². The first-order valence-electron chi connectivity index (χ1n) is 18.1. The summed E-state index contributed by atoms with van der Waals surface area (Å²) in [4.78, 5) is 14.1. The third kappa shape index (κ3) is 8.08. The van der Waals surface area contributed by atoms with E-state index in [2.05, 4.69) is 12.2 Å². The molecule has 4 fully saturated rings. The molecule has 4 rings (SSSR count). The highest BCUT2D eigenvalue weighted by molar-refractivity contribution is 5.73. The number of carbonyl (C=O) groups is 1. The van der Waals surface area contributed by atoms with Gasteiger partial charge in [-0.1, -0.05) is 27.7 Å². The molecule has 4 aliphatic rings. The highest BCUT2D eigenvalue weighted by Gasteiger charge is 2.57. The standard InChI is InChI=1S/C36H65NO11/c1-13-25-36(10,41)30(39)21(5)28-18(2)15-35(9,48-28)31(47-33-27(38)24(37-11)14-19(3)44-33)22(6)29(23(7)32(40)45-25)46-26-17-34(8,42-12)16-20(4)43-26/h18-31,33,37-39,41H,13-17H2,1-12H3/t18-,19+,20-,21-,22-,23+,24-,25+,26?,27+,28-,29-,30+,31+,33?,34-,35+,36+/m0/s1. The molecule has 0 aromatic heterocycles. The number of rotatable bonds is 7. The number of hydrogen-bond donors (Lipinski definition) is 4. The SMILES string of the molecule is CC[C@H]1OC(=O)[C@H](C)[C@@H](OC2C[C@@](C)(OC)C[C@H](C)O2)[C@H](C)[C@@H](OC2O[C@H](C)C[C@H](NC)[C@H]2O)[C@@]2(C)C[C@H](C)[C@H](O2)[C@H](C)[C@@H](O)[C@]1(C)O. The van der Waals surface area contributed by atoms with Crippen molar-refractivity contribution in [2.24, 2.45) is 23.7 Å². The third-order valence-electron chi connectivity index (χ3n) is 11.9. The van der Waals surface area contributed by atoms with Gasteiger partial charge in [0.2, 0.25) is 0 Å². The van der Waals surface area contributed by atoms with E-state index in [4.69, 9.17) is 33.2 Å². The normalized spacial score (nSPS) is 52.6. The molecule has 12 nitrogen and oxygen atoms in total. The van der Waals surface area contributed by atoms with Crippen molar-refractivity contribution in [3.63, 3.8) is 0 Å².